The second-order valence-corrected chi connectivity index (χ2v) is 7.07. The number of H-pyrrole nitrogens is 1. The van der Waals surface area contributed by atoms with Crippen molar-refractivity contribution in [3.05, 3.63) is 59.3 Å². The van der Waals surface area contributed by atoms with Crippen LogP contribution in [0.4, 0.5) is 5.69 Å². The lowest BCUT2D eigenvalue weighted by molar-refractivity contribution is -0.120. The number of para-hydroxylation sites is 1. The number of benzene rings is 2. The van der Waals surface area contributed by atoms with Gasteiger partial charge in [0.05, 0.1) is 18.2 Å². The highest BCUT2D eigenvalue weighted by atomic mass is 16.5. The van der Waals surface area contributed by atoms with Crippen molar-refractivity contribution in [3.8, 4) is 5.75 Å². The molecule has 144 valence electrons. The van der Waals surface area contributed by atoms with Crippen molar-refractivity contribution in [2.45, 2.75) is 13.8 Å². The van der Waals surface area contributed by atoms with Crippen LogP contribution in [0.25, 0.3) is 10.9 Å². The first-order valence-corrected chi connectivity index (χ1v) is 9.31. The van der Waals surface area contributed by atoms with Gasteiger partial charge in [0.1, 0.15) is 12.3 Å². The first kappa shape index (κ1) is 18.1. The van der Waals surface area contributed by atoms with Crippen LogP contribution in [-0.4, -0.2) is 48.4 Å². The van der Waals surface area contributed by atoms with E-state index < -0.39 is 0 Å². The fourth-order valence-electron chi connectivity index (χ4n) is 3.71. The number of nitrogens with one attached hydrogen (secondary N) is 1. The highest BCUT2D eigenvalue weighted by molar-refractivity contribution is 6.08. The summed E-state index contributed by atoms with van der Waals surface area (Å²) >= 11 is 0. The van der Waals surface area contributed by atoms with Crippen molar-refractivity contribution in [2.75, 3.05) is 31.6 Å². The summed E-state index contributed by atoms with van der Waals surface area (Å²) in [6, 6.07) is 13.1. The molecule has 1 saturated heterocycles. The first-order chi connectivity index (χ1) is 13.5. The molecule has 2 heterocycles. The van der Waals surface area contributed by atoms with Gasteiger partial charge in [-0.2, -0.15) is 0 Å². The van der Waals surface area contributed by atoms with Crippen LogP contribution in [0.2, 0.25) is 0 Å². The first-order valence-electron chi connectivity index (χ1n) is 9.31. The second kappa shape index (κ2) is 7.03. The predicted molar refractivity (Wildman–Crippen MR) is 109 cm³/mol. The lowest BCUT2D eigenvalue weighted by Crippen LogP contribution is -2.52. The van der Waals surface area contributed by atoms with E-state index in [-0.39, 0.29) is 18.4 Å². The number of ether oxygens (including phenoxy) is 1. The van der Waals surface area contributed by atoms with Crippen molar-refractivity contribution in [3.63, 3.8) is 0 Å². The molecular weight excluding hydrogens is 354 g/mol. The Kier molecular flexibility index (Phi) is 4.55. The minimum atomic E-state index is -0.116. The number of carbonyl (C=O) groups excluding carboxylic acids is 2. The number of anilines is 1. The lowest BCUT2D eigenvalue weighted by atomic mass is 10.1. The van der Waals surface area contributed by atoms with E-state index in [2.05, 4.69) is 4.98 Å². The minimum Gasteiger partial charge on any atom is -0.497 e. The molecule has 1 aliphatic rings. The van der Waals surface area contributed by atoms with Crippen molar-refractivity contribution < 1.29 is 14.3 Å². The molecule has 1 N–H and O–H groups in total. The number of methoxy groups -OCH3 is 1. The van der Waals surface area contributed by atoms with E-state index in [1.165, 1.54) is 0 Å². The van der Waals surface area contributed by atoms with Crippen molar-refractivity contribution in [1.29, 1.82) is 0 Å². The van der Waals surface area contributed by atoms with Crippen LogP contribution < -0.4 is 9.64 Å². The van der Waals surface area contributed by atoms with Crippen molar-refractivity contribution >= 4 is 28.4 Å². The van der Waals surface area contributed by atoms with Gasteiger partial charge in [0.25, 0.3) is 5.91 Å². The van der Waals surface area contributed by atoms with Crippen LogP contribution in [-0.2, 0) is 4.79 Å². The van der Waals surface area contributed by atoms with Crippen LogP contribution >= 0.6 is 0 Å². The third kappa shape index (κ3) is 3.01. The van der Waals surface area contributed by atoms with E-state index in [1.54, 1.807) is 16.9 Å². The van der Waals surface area contributed by atoms with Crippen molar-refractivity contribution in [2.24, 2.45) is 0 Å². The number of fused-ring (bicyclic) bond motifs is 1. The molecule has 1 aromatic heterocycles. The van der Waals surface area contributed by atoms with Crippen LogP contribution in [0.3, 0.4) is 0 Å². The molecule has 0 aliphatic carbocycles. The van der Waals surface area contributed by atoms with Gasteiger partial charge in [-0.25, -0.2) is 0 Å². The smallest absolute Gasteiger partial charge is 0.256 e. The maximum Gasteiger partial charge on any atom is 0.256 e. The fraction of sp³-hybridized carbons (Fsp3) is 0.273. The van der Waals surface area contributed by atoms with Gasteiger partial charge in [0, 0.05) is 29.9 Å². The Morgan fingerprint density at radius 1 is 1.07 bits per heavy atom. The maximum absolute atomic E-state index is 13.1. The molecule has 2 amide bonds. The zero-order valence-corrected chi connectivity index (χ0v) is 16.3. The summed E-state index contributed by atoms with van der Waals surface area (Å²) in [6.07, 6.45) is 0. The Labute approximate surface area is 163 Å². The molecule has 0 radical (unpaired) electrons. The molecule has 0 spiro atoms. The number of hydrogen-bond donors (Lipinski definition) is 1. The fourth-order valence-corrected chi connectivity index (χ4v) is 3.71. The molecular formula is C22H23N3O3. The highest BCUT2D eigenvalue weighted by Crippen LogP contribution is 2.26. The highest BCUT2D eigenvalue weighted by Gasteiger charge is 2.29. The molecule has 3 aromatic rings. The van der Waals surface area contributed by atoms with Crippen LogP contribution in [0.5, 0.6) is 5.75 Å². The predicted octanol–water partition coefficient (Wildman–Crippen LogP) is 3.28. The molecule has 1 fully saturated rings. The summed E-state index contributed by atoms with van der Waals surface area (Å²) in [7, 11) is 1.61. The van der Waals surface area contributed by atoms with E-state index in [9.17, 15) is 9.59 Å². The summed E-state index contributed by atoms with van der Waals surface area (Å²) in [4.78, 5) is 32.5. The molecule has 4 rings (SSSR count). The van der Waals surface area contributed by atoms with Gasteiger partial charge < -0.3 is 19.5 Å². The van der Waals surface area contributed by atoms with Gasteiger partial charge in [-0.15, -0.1) is 0 Å². The molecule has 2 aromatic carbocycles. The monoisotopic (exact) mass is 377 g/mol. The maximum atomic E-state index is 13.1. The van der Waals surface area contributed by atoms with Crippen LogP contribution in [0.15, 0.2) is 42.5 Å². The second-order valence-electron chi connectivity index (χ2n) is 7.07. The summed E-state index contributed by atoms with van der Waals surface area (Å²) in [5, 5.41) is 1.05. The normalized spacial score (nSPS) is 14.6. The van der Waals surface area contributed by atoms with E-state index in [1.807, 2.05) is 56.3 Å². The SMILES string of the molecule is COc1ccc(N2CCN(C(=O)c3cccc4c(C)c(C)[nH]c34)CC2=O)cc1. The van der Waals surface area contributed by atoms with Crippen molar-refractivity contribution in [1.82, 2.24) is 9.88 Å². The molecule has 0 bridgehead atoms. The standard InChI is InChI=1S/C22H23N3O3/c1-14-15(2)23-21-18(14)5-4-6-19(21)22(27)24-11-12-25(20(26)13-24)16-7-9-17(28-3)10-8-16/h4-10,23H,11-13H2,1-3H3. The van der Waals surface area contributed by atoms with E-state index in [0.717, 1.165) is 33.6 Å². The third-order valence-corrected chi connectivity index (χ3v) is 5.47. The molecule has 6 heteroatoms. The number of carbonyl (C=O) groups is 2. The average Bonchev–Trinajstić information content (AvgIpc) is 3.01. The Hall–Kier alpha value is -3.28. The Morgan fingerprint density at radius 3 is 2.50 bits per heavy atom. The largest absolute Gasteiger partial charge is 0.497 e. The number of aromatic nitrogens is 1. The quantitative estimate of drug-likeness (QED) is 0.762. The number of aromatic amines is 1. The van der Waals surface area contributed by atoms with Gasteiger partial charge >= 0.3 is 0 Å². The Morgan fingerprint density at radius 2 is 1.82 bits per heavy atom. The average molecular weight is 377 g/mol. The number of rotatable bonds is 3. The van der Waals surface area contributed by atoms with Crippen LogP contribution in [0, 0.1) is 13.8 Å². The number of nitrogens with zero attached hydrogens (tertiary/aromatic N) is 2. The van der Waals surface area contributed by atoms with E-state index >= 15 is 0 Å². The minimum absolute atomic E-state index is 0.0694. The lowest BCUT2D eigenvalue weighted by Gasteiger charge is -2.34. The number of piperazine rings is 1. The number of hydrogen-bond acceptors (Lipinski definition) is 3. The molecule has 1 aliphatic heterocycles. The Bertz CT molecular complexity index is 1050. The molecule has 0 atom stereocenters. The van der Waals surface area contributed by atoms with Gasteiger partial charge in [-0.1, -0.05) is 12.1 Å². The third-order valence-electron chi connectivity index (χ3n) is 5.47. The van der Waals surface area contributed by atoms with Gasteiger partial charge in [0.15, 0.2) is 0 Å². The summed E-state index contributed by atoms with van der Waals surface area (Å²) in [5.74, 6) is 0.542. The van der Waals surface area contributed by atoms with E-state index in [0.29, 0.717) is 18.7 Å². The zero-order chi connectivity index (χ0) is 19.8. The Balaban J connectivity index is 1.55. The number of amides is 2. The van der Waals surface area contributed by atoms with E-state index in [4.69, 9.17) is 4.74 Å². The molecule has 6 nitrogen and oxygen atoms in total. The number of aryl methyl sites for hydroxylation is 2. The zero-order valence-electron chi connectivity index (χ0n) is 16.3. The van der Waals surface area contributed by atoms with Gasteiger partial charge in [-0.3, -0.25) is 9.59 Å². The molecule has 0 saturated carbocycles. The van der Waals surface area contributed by atoms with Gasteiger partial charge in [0.2, 0.25) is 5.91 Å². The molecule has 0 unspecified atom stereocenters. The summed E-state index contributed by atoms with van der Waals surface area (Å²) in [6.45, 7) is 5.07. The van der Waals surface area contributed by atoms with Gasteiger partial charge in [-0.05, 0) is 49.7 Å². The van der Waals surface area contributed by atoms with Crippen LogP contribution in [0.1, 0.15) is 21.6 Å². The topological polar surface area (TPSA) is 65.6 Å². The molecule has 28 heavy (non-hydrogen) atoms. The summed E-state index contributed by atoms with van der Waals surface area (Å²) in [5.41, 5.74) is 4.46. The summed E-state index contributed by atoms with van der Waals surface area (Å²) < 4.78 is 5.17.